The van der Waals surface area contributed by atoms with Crippen LogP contribution in [0, 0.1) is 34.5 Å². The lowest BCUT2D eigenvalue weighted by Crippen LogP contribution is -2.55. The Labute approximate surface area is 129 Å². The highest BCUT2D eigenvalue weighted by Crippen LogP contribution is 2.66. The van der Waals surface area contributed by atoms with Gasteiger partial charge in [0, 0.05) is 0 Å². The molecule has 4 rings (SSSR count). The van der Waals surface area contributed by atoms with E-state index < -0.39 is 0 Å². The van der Waals surface area contributed by atoms with Gasteiger partial charge in [-0.25, -0.2) is 0 Å². The Bertz CT molecular complexity index is 422. The summed E-state index contributed by atoms with van der Waals surface area (Å²) in [5.74, 6) is 2.90. The van der Waals surface area contributed by atoms with Crippen molar-refractivity contribution in [3.05, 3.63) is 0 Å². The van der Waals surface area contributed by atoms with E-state index in [0.717, 1.165) is 30.6 Å². The van der Waals surface area contributed by atoms with Crippen molar-refractivity contribution in [2.45, 2.75) is 83.8 Å². The first kappa shape index (κ1) is 14.5. The first-order valence-electron chi connectivity index (χ1n) is 9.33. The average molecular weight is 292 g/mol. The molecule has 4 fully saturated rings. The molecule has 2 heteroatoms. The van der Waals surface area contributed by atoms with E-state index in [4.69, 9.17) is 0 Å². The smallest absolute Gasteiger partial charge is 0.0596 e. The summed E-state index contributed by atoms with van der Waals surface area (Å²) in [6.45, 7) is 4.85. The zero-order valence-corrected chi connectivity index (χ0v) is 13.7. The van der Waals surface area contributed by atoms with Crippen LogP contribution in [0.15, 0.2) is 0 Å². The highest BCUT2D eigenvalue weighted by Gasteiger charge is 2.60. The van der Waals surface area contributed by atoms with Crippen molar-refractivity contribution in [1.29, 1.82) is 0 Å². The highest BCUT2D eigenvalue weighted by atomic mass is 16.3. The maximum Gasteiger partial charge on any atom is 0.0596 e. The van der Waals surface area contributed by atoms with Gasteiger partial charge < -0.3 is 10.2 Å². The second-order valence-electron chi connectivity index (χ2n) is 9.16. The predicted molar refractivity (Wildman–Crippen MR) is 83.7 cm³/mol. The van der Waals surface area contributed by atoms with E-state index in [1.165, 1.54) is 44.9 Å². The molecule has 0 bridgehead atoms. The summed E-state index contributed by atoms with van der Waals surface area (Å²) in [4.78, 5) is 0. The second kappa shape index (κ2) is 4.71. The van der Waals surface area contributed by atoms with Crippen LogP contribution in [0.25, 0.3) is 0 Å². The number of hydrogen-bond acceptors (Lipinski definition) is 2. The summed E-state index contributed by atoms with van der Waals surface area (Å²) in [7, 11) is 0. The third-order valence-electron chi connectivity index (χ3n) is 8.57. The molecule has 4 aliphatic carbocycles. The number of hydrogen-bond donors (Lipinski definition) is 2. The Morgan fingerprint density at radius 2 is 1.43 bits per heavy atom. The van der Waals surface area contributed by atoms with Crippen LogP contribution >= 0.6 is 0 Å². The minimum absolute atomic E-state index is 0.0489. The predicted octanol–water partition coefficient (Wildman–Crippen LogP) is 3.75. The number of rotatable bonds is 0. The molecule has 0 saturated heterocycles. The molecule has 120 valence electrons. The van der Waals surface area contributed by atoms with Gasteiger partial charge in [-0.05, 0) is 85.9 Å². The fraction of sp³-hybridized carbons (Fsp3) is 1.00. The maximum atomic E-state index is 10.5. The quantitative estimate of drug-likeness (QED) is 0.714. The van der Waals surface area contributed by atoms with Crippen LogP contribution in [-0.4, -0.2) is 22.4 Å². The number of aliphatic hydroxyl groups is 2. The van der Waals surface area contributed by atoms with Gasteiger partial charge in [-0.2, -0.15) is 0 Å². The van der Waals surface area contributed by atoms with E-state index in [9.17, 15) is 10.2 Å². The van der Waals surface area contributed by atoms with Crippen molar-refractivity contribution >= 4 is 0 Å². The Kier molecular flexibility index (Phi) is 3.25. The lowest BCUT2D eigenvalue weighted by molar-refractivity contribution is -0.149. The molecule has 0 radical (unpaired) electrons. The molecule has 2 nitrogen and oxygen atoms in total. The van der Waals surface area contributed by atoms with Crippen LogP contribution in [0.3, 0.4) is 0 Å². The normalized spacial score (nSPS) is 60.0. The molecule has 0 aromatic carbocycles. The Balaban J connectivity index is 1.65. The van der Waals surface area contributed by atoms with E-state index in [-0.39, 0.29) is 17.6 Å². The van der Waals surface area contributed by atoms with Crippen molar-refractivity contribution in [1.82, 2.24) is 0 Å². The molecular formula is C19H32O2. The minimum Gasteiger partial charge on any atom is -0.393 e. The maximum absolute atomic E-state index is 10.5. The van der Waals surface area contributed by atoms with Crippen LogP contribution in [-0.2, 0) is 0 Å². The lowest BCUT2D eigenvalue weighted by atomic mass is 9.45. The lowest BCUT2D eigenvalue weighted by Gasteiger charge is -2.61. The van der Waals surface area contributed by atoms with Gasteiger partial charge in [-0.3, -0.25) is 0 Å². The van der Waals surface area contributed by atoms with Gasteiger partial charge in [0.05, 0.1) is 12.2 Å². The Morgan fingerprint density at radius 1 is 0.714 bits per heavy atom. The van der Waals surface area contributed by atoms with Crippen molar-refractivity contribution in [3.63, 3.8) is 0 Å². The molecule has 0 heterocycles. The first-order chi connectivity index (χ1) is 9.97. The summed E-state index contributed by atoms with van der Waals surface area (Å²) in [6.07, 6.45) is 10.7. The zero-order valence-electron chi connectivity index (χ0n) is 13.7. The molecule has 8 atom stereocenters. The third kappa shape index (κ3) is 1.84. The summed E-state index contributed by atoms with van der Waals surface area (Å²) in [6, 6.07) is 0. The molecule has 0 spiro atoms. The minimum atomic E-state index is -0.0640. The number of aliphatic hydroxyl groups excluding tert-OH is 2. The monoisotopic (exact) mass is 292 g/mol. The van der Waals surface area contributed by atoms with E-state index in [1.54, 1.807) is 0 Å². The Hall–Kier alpha value is -0.0800. The molecule has 0 aromatic rings. The van der Waals surface area contributed by atoms with Gasteiger partial charge in [-0.15, -0.1) is 0 Å². The van der Waals surface area contributed by atoms with Gasteiger partial charge in [0.25, 0.3) is 0 Å². The van der Waals surface area contributed by atoms with Crippen molar-refractivity contribution in [3.8, 4) is 0 Å². The summed E-state index contributed by atoms with van der Waals surface area (Å²) < 4.78 is 0. The highest BCUT2D eigenvalue weighted by molar-refractivity contribution is 5.09. The van der Waals surface area contributed by atoms with Gasteiger partial charge >= 0.3 is 0 Å². The van der Waals surface area contributed by atoms with Crippen molar-refractivity contribution < 1.29 is 10.2 Å². The second-order valence-corrected chi connectivity index (χ2v) is 9.16. The molecule has 0 amide bonds. The standard InChI is InChI=1S/C19H32O2/c1-18-10-3-4-16(20)15(18)6-5-12-13-7-8-17(21)19(13,2)11-9-14(12)18/h12-17,20-21H,3-11H2,1-2H3/t12-,13-,14-,15-,16+,17-,18+,19-/m0/s1. The van der Waals surface area contributed by atoms with Crippen molar-refractivity contribution in [2.75, 3.05) is 0 Å². The first-order valence-corrected chi connectivity index (χ1v) is 9.33. The van der Waals surface area contributed by atoms with E-state index in [2.05, 4.69) is 13.8 Å². The zero-order chi connectivity index (χ0) is 14.8. The molecule has 4 saturated carbocycles. The van der Waals surface area contributed by atoms with Crippen LogP contribution in [0.2, 0.25) is 0 Å². The average Bonchev–Trinajstić information content (AvgIpc) is 2.75. The molecule has 4 aliphatic rings. The van der Waals surface area contributed by atoms with Crippen LogP contribution < -0.4 is 0 Å². The molecule has 0 aliphatic heterocycles. The molecule has 21 heavy (non-hydrogen) atoms. The van der Waals surface area contributed by atoms with Gasteiger partial charge in [0.2, 0.25) is 0 Å². The largest absolute Gasteiger partial charge is 0.393 e. The Morgan fingerprint density at radius 3 is 2.24 bits per heavy atom. The van der Waals surface area contributed by atoms with Crippen LogP contribution in [0.1, 0.15) is 71.6 Å². The van der Waals surface area contributed by atoms with Gasteiger partial charge in [0.15, 0.2) is 0 Å². The van der Waals surface area contributed by atoms with E-state index >= 15 is 0 Å². The van der Waals surface area contributed by atoms with Crippen LogP contribution in [0.5, 0.6) is 0 Å². The third-order valence-corrected chi connectivity index (χ3v) is 8.57. The van der Waals surface area contributed by atoms with E-state index in [1.807, 2.05) is 0 Å². The molecule has 0 aromatic heterocycles. The number of fused-ring (bicyclic) bond motifs is 5. The molecule has 0 unspecified atom stereocenters. The molecule has 2 N–H and O–H groups in total. The summed E-state index contributed by atoms with van der Waals surface area (Å²) in [5, 5.41) is 21.0. The summed E-state index contributed by atoms with van der Waals surface area (Å²) >= 11 is 0. The topological polar surface area (TPSA) is 40.5 Å². The van der Waals surface area contributed by atoms with Crippen molar-refractivity contribution in [2.24, 2.45) is 34.5 Å². The fourth-order valence-electron chi connectivity index (χ4n) is 7.35. The fourth-order valence-corrected chi connectivity index (χ4v) is 7.35. The van der Waals surface area contributed by atoms with E-state index in [0.29, 0.717) is 11.3 Å². The summed E-state index contributed by atoms with van der Waals surface area (Å²) in [5.41, 5.74) is 0.563. The molecular weight excluding hydrogens is 260 g/mol. The van der Waals surface area contributed by atoms with Gasteiger partial charge in [0.1, 0.15) is 0 Å². The SMILES string of the molecule is C[C@]12CCC[C@@H](O)[C@@H]1CC[C@@H]1[C@@H]2CC[C@]2(C)[C@@H](O)CC[C@@H]12. The van der Waals surface area contributed by atoms with Gasteiger partial charge in [-0.1, -0.05) is 20.3 Å². The van der Waals surface area contributed by atoms with Crippen LogP contribution in [0.4, 0.5) is 0 Å².